The summed E-state index contributed by atoms with van der Waals surface area (Å²) in [6, 6.07) is 2.11. The van der Waals surface area contributed by atoms with E-state index in [0.29, 0.717) is 31.0 Å². The quantitative estimate of drug-likeness (QED) is 0.0862. The van der Waals surface area contributed by atoms with Crippen molar-refractivity contribution in [3.63, 3.8) is 0 Å². The van der Waals surface area contributed by atoms with Crippen LogP contribution in [0.5, 0.6) is 0 Å². The summed E-state index contributed by atoms with van der Waals surface area (Å²) in [4.78, 5) is 44.6. The van der Waals surface area contributed by atoms with Gasteiger partial charge in [-0.15, -0.1) is 0 Å². The lowest BCUT2D eigenvalue weighted by molar-refractivity contribution is -0.144. The summed E-state index contributed by atoms with van der Waals surface area (Å²) in [6.45, 7) is 2.52. The van der Waals surface area contributed by atoms with Gasteiger partial charge in [-0.2, -0.15) is 0 Å². The number of pyridine rings is 1. The third-order valence-corrected chi connectivity index (χ3v) is 6.84. The molecule has 0 spiro atoms. The van der Waals surface area contributed by atoms with Crippen LogP contribution in [0.4, 0.5) is 0 Å². The van der Waals surface area contributed by atoms with Crippen LogP contribution in [-0.2, 0) is 25.7 Å². The Balaban J connectivity index is 1.66. The van der Waals surface area contributed by atoms with Crippen molar-refractivity contribution in [2.24, 2.45) is 16.8 Å². The van der Waals surface area contributed by atoms with Crippen molar-refractivity contribution in [3.8, 4) is 0 Å². The number of carbonyl (C=O) groups is 3. The summed E-state index contributed by atoms with van der Waals surface area (Å²) in [7, 11) is 0. The average Bonchev–Trinajstić information content (AvgIpc) is 2.94. The number of amides is 2. The second-order valence-electron chi connectivity index (χ2n) is 9.45. The lowest BCUT2D eigenvalue weighted by Crippen LogP contribution is -2.56. The molecular formula is C26H38N6O5. The minimum Gasteiger partial charge on any atom is -0.465 e. The largest absolute Gasteiger partial charge is 0.465 e. The first-order chi connectivity index (χ1) is 17.9. The molecule has 1 fully saturated rings. The Morgan fingerprint density at radius 1 is 1.24 bits per heavy atom. The van der Waals surface area contributed by atoms with Crippen LogP contribution in [0.25, 0.3) is 0 Å². The zero-order valence-electron chi connectivity index (χ0n) is 21.4. The number of oxime groups is 1. The zero-order chi connectivity index (χ0) is 26.6. The maximum atomic E-state index is 13.7. The topological polar surface area (TPSA) is 159 Å². The molecule has 2 heterocycles. The molecule has 0 aromatic carbocycles. The SMILES string of the molecule is CCOC(=O)CNC(CC1CCCCC1)C(=O)N1CC=CCC1C(=O)NCc1ccc(/C(N)=N\O)nc1. The lowest BCUT2D eigenvalue weighted by Gasteiger charge is -2.36. The van der Waals surface area contributed by atoms with Gasteiger partial charge in [-0.25, -0.2) is 0 Å². The lowest BCUT2D eigenvalue weighted by atomic mass is 9.84. The van der Waals surface area contributed by atoms with Gasteiger partial charge >= 0.3 is 5.97 Å². The molecule has 2 aliphatic rings. The highest BCUT2D eigenvalue weighted by Crippen LogP contribution is 2.28. The van der Waals surface area contributed by atoms with Crippen molar-refractivity contribution in [1.29, 1.82) is 0 Å². The number of esters is 1. The van der Waals surface area contributed by atoms with Crippen LogP contribution >= 0.6 is 0 Å². The summed E-state index contributed by atoms with van der Waals surface area (Å²) < 4.78 is 5.04. The molecule has 0 saturated heterocycles. The van der Waals surface area contributed by atoms with Crippen LogP contribution in [-0.4, -0.2) is 70.5 Å². The highest BCUT2D eigenvalue weighted by atomic mass is 16.5. The molecule has 11 heteroatoms. The van der Waals surface area contributed by atoms with E-state index in [1.54, 1.807) is 24.0 Å². The third-order valence-electron chi connectivity index (χ3n) is 6.84. The molecule has 0 bridgehead atoms. The Morgan fingerprint density at radius 3 is 2.70 bits per heavy atom. The Kier molecular flexibility index (Phi) is 10.9. The maximum Gasteiger partial charge on any atom is 0.319 e. The Bertz CT molecular complexity index is 974. The number of nitrogens with two attached hydrogens (primary N) is 1. The van der Waals surface area contributed by atoms with Crippen molar-refractivity contribution in [2.75, 3.05) is 19.7 Å². The molecule has 2 unspecified atom stereocenters. The smallest absolute Gasteiger partial charge is 0.319 e. The van der Waals surface area contributed by atoms with Crippen molar-refractivity contribution < 1.29 is 24.3 Å². The third kappa shape index (κ3) is 8.28. The summed E-state index contributed by atoms with van der Waals surface area (Å²) in [6.07, 6.45) is 12.0. The molecule has 1 aliphatic carbocycles. The van der Waals surface area contributed by atoms with E-state index in [4.69, 9.17) is 15.7 Å². The normalized spacial score (nSPS) is 19.3. The van der Waals surface area contributed by atoms with E-state index < -0.39 is 18.1 Å². The molecule has 11 nitrogen and oxygen atoms in total. The predicted octanol–water partition coefficient (Wildman–Crippen LogP) is 1.44. The number of nitrogens with one attached hydrogen (secondary N) is 2. The van der Waals surface area contributed by atoms with Crippen molar-refractivity contribution in [2.45, 2.75) is 70.5 Å². The van der Waals surface area contributed by atoms with Crippen LogP contribution < -0.4 is 16.4 Å². The number of carbonyl (C=O) groups excluding carboxylic acids is 3. The van der Waals surface area contributed by atoms with Gasteiger partial charge in [0.05, 0.1) is 19.2 Å². The Morgan fingerprint density at radius 2 is 2.03 bits per heavy atom. The molecule has 0 radical (unpaired) electrons. The van der Waals surface area contributed by atoms with Crippen molar-refractivity contribution in [1.82, 2.24) is 20.5 Å². The molecule has 37 heavy (non-hydrogen) atoms. The van der Waals surface area contributed by atoms with Crippen LogP contribution in [0.2, 0.25) is 0 Å². The summed E-state index contributed by atoms with van der Waals surface area (Å²) in [5.41, 5.74) is 6.60. The average molecular weight is 515 g/mol. The van der Waals surface area contributed by atoms with Gasteiger partial charge in [-0.1, -0.05) is 55.5 Å². The molecular weight excluding hydrogens is 476 g/mol. The monoisotopic (exact) mass is 514 g/mol. The van der Waals surface area contributed by atoms with E-state index in [1.165, 1.54) is 12.6 Å². The van der Waals surface area contributed by atoms with Crippen LogP contribution in [0.15, 0.2) is 35.6 Å². The number of hydrogen-bond acceptors (Lipinski definition) is 8. The van der Waals surface area contributed by atoms with E-state index in [9.17, 15) is 14.4 Å². The molecule has 1 saturated carbocycles. The molecule has 1 aliphatic heterocycles. The number of hydrogen-bond donors (Lipinski definition) is 4. The maximum absolute atomic E-state index is 13.7. The number of rotatable bonds is 11. The van der Waals surface area contributed by atoms with Gasteiger partial charge in [-0.05, 0) is 37.3 Å². The van der Waals surface area contributed by atoms with Gasteiger partial charge < -0.3 is 25.9 Å². The van der Waals surface area contributed by atoms with Gasteiger partial charge in [0.1, 0.15) is 11.7 Å². The van der Waals surface area contributed by atoms with Crippen LogP contribution in [0.1, 0.15) is 63.1 Å². The molecule has 1 aromatic heterocycles. The molecule has 1 aromatic rings. The van der Waals surface area contributed by atoms with E-state index in [0.717, 1.165) is 31.2 Å². The Labute approximate surface area is 217 Å². The molecule has 2 amide bonds. The van der Waals surface area contributed by atoms with Gasteiger partial charge in [0, 0.05) is 19.3 Å². The van der Waals surface area contributed by atoms with Gasteiger partial charge in [0.25, 0.3) is 0 Å². The Hall–Kier alpha value is -3.47. The number of amidine groups is 1. The molecule has 202 valence electrons. The van der Waals surface area contributed by atoms with Gasteiger partial charge in [0.15, 0.2) is 5.84 Å². The number of ether oxygens (including phenoxy) is 1. The molecule has 3 rings (SSSR count). The number of nitrogens with zero attached hydrogens (tertiary/aromatic N) is 3. The fraction of sp³-hybridized carbons (Fsp3) is 0.577. The molecule has 5 N–H and O–H groups in total. The van der Waals surface area contributed by atoms with E-state index in [1.807, 2.05) is 12.2 Å². The van der Waals surface area contributed by atoms with E-state index in [2.05, 4.69) is 20.8 Å². The minimum absolute atomic E-state index is 0.0496. The summed E-state index contributed by atoms with van der Waals surface area (Å²) in [5.74, 6) is -0.531. The van der Waals surface area contributed by atoms with Crippen LogP contribution in [0, 0.1) is 5.92 Å². The number of aromatic nitrogens is 1. The van der Waals surface area contributed by atoms with E-state index >= 15 is 0 Å². The van der Waals surface area contributed by atoms with Gasteiger partial charge in [-0.3, -0.25) is 24.7 Å². The summed E-state index contributed by atoms with van der Waals surface area (Å²) >= 11 is 0. The standard InChI is InChI=1S/C26H38N6O5/c1-2-37-23(33)17-29-21(14-18-8-4-3-5-9-18)26(35)32-13-7-6-10-22(32)25(34)30-16-19-11-12-20(28-15-19)24(27)31-36/h6-7,11-12,15,18,21-22,29,36H,2-5,8-10,13-14,16-17H2,1H3,(H2,27,31)(H,30,34). The highest BCUT2D eigenvalue weighted by Gasteiger charge is 2.35. The second-order valence-corrected chi connectivity index (χ2v) is 9.45. The first kappa shape index (κ1) is 28.1. The van der Waals surface area contributed by atoms with Crippen molar-refractivity contribution >= 4 is 23.6 Å². The fourth-order valence-corrected chi connectivity index (χ4v) is 4.84. The fourth-order valence-electron chi connectivity index (χ4n) is 4.84. The molecule has 2 atom stereocenters. The first-order valence-electron chi connectivity index (χ1n) is 13.0. The first-order valence-corrected chi connectivity index (χ1v) is 13.0. The predicted molar refractivity (Wildman–Crippen MR) is 137 cm³/mol. The summed E-state index contributed by atoms with van der Waals surface area (Å²) in [5, 5.41) is 17.7. The second kappa shape index (κ2) is 14.3. The minimum atomic E-state index is -0.653. The highest BCUT2D eigenvalue weighted by molar-refractivity contribution is 5.95. The van der Waals surface area contributed by atoms with Crippen LogP contribution in [0.3, 0.4) is 0 Å². The van der Waals surface area contributed by atoms with E-state index in [-0.39, 0.29) is 37.3 Å². The van der Waals surface area contributed by atoms with Gasteiger partial charge in [0.2, 0.25) is 11.8 Å². The van der Waals surface area contributed by atoms with Crippen molar-refractivity contribution in [3.05, 3.63) is 41.7 Å². The zero-order valence-corrected chi connectivity index (χ0v) is 21.4.